The maximum Gasteiger partial charge on any atom is 0.338 e. The van der Waals surface area contributed by atoms with E-state index in [4.69, 9.17) is 5.11 Å². The van der Waals surface area contributed by atoms with Crippen LogP contribution in [0.1, 0.15) is 93.3 Å². The predicted molar refractivity (Wildman–Crippen MR) is 459 cm³/mol. The Kier molecular flexibility index (Phi) is 37.2. The molecule has 0 spiro atoms. The number of carbonyl (C=O) groups is 9. The second-order valence-electron chi connectivity index (χ2n) is 26.0. The molecule has 0 saturated carbocycles. The van der Waals surface area contributed by atoms with Gasteiger partial charge in [-0.3, -0.25) is 94.7 Å². The van der Waals surface area contributed by atoms with Gasteiger partial charge in [0.1, 0.15) is 15.9 Å². The van der Waals surface area contributed by atoms with E-state index in [9.17, 15) is 129 Å². The summed E-state index contributed by atoms with van der Waals surface area (Å²) in [6.07, 6.45) is -0.844. The maximum absolute atomic E-state index is 13.4. The van der Waals surface area contributed by atoms with Crippen molar-refractivity contribution in [1.29, 1.82) is 0 Å². The van der Waals surface area contributed by atoms with Crippen molar-refractivity contribution in [2.75, 3.05) is 79.5 Å². The van der Waals surface area contributed by atoms with E-state index < -0.39 is 117 Å². The van der Waals surface area contributed by atoms with Crippen molar-refractivity contribution in [3.8, 4) is 0 Å². The molecule has 0 saturated heterocycles. The third-order valence-electron chi connectivity index (χ3n) is 16.9. The third-order valence-corrected chi connectivity index (χ3v) is 20.6. The molecule has 0 bridgehead atoms. The van der Waals surface area contributed by atoms with Crippen molar-refractivity contribution in [2.45, 2.75) is 71.2 Å². The van der Waals surface area contributed by atoms with E-state index >= 15 is 0 Å². The molecule has 9 aromatic carbocycles. The molecule has 9 rings (SSSR count). The number of carbonyl (C=O) groups excluding carboxylic acids is 5. The predicted octanol–water partition coefficient (Wildman–Crippen LogP) is 13.5. The number of aromatic carboxylic acids is 4. The zero-order chi connectivity index (χ0) is 92.1. The van der Waals surface area contributed by atoms with E-state index in [-0.39, 0.29) is 91.0 Å². The summed E-state index contributed by atoms with van der Waals surface area (Å²) in [6, 6.07) is 43.6. The molecule has 2 unspecified atom stereocenters. The summed E-state index contributed by atoms with van der Waals surface area (Å²) in [6.45, 7) is 6.88. The minimum Gasteiger partial charge on any atom is -0.478 e. The highest BCUT2D eigenvalue weighted by Crippen LogP contribution is 2.40. The molecule has 2 atom stereocenters. The number of thioether (sulfide) groups is 2. The highest BCUT2D eigenvalue weighted by molar-refractivity contribution is 8.00. The summed E-state index contributed by atoms with van der Waals surface area (Å²) in [5, 5.41) is 133. The zero-order valence-corrected chi connectivity index (χ0v) is 69.9. The number of nitro groups is 6. The first-order chi connectivity index (χ1) is 57.8. The molecule has 9 aromatic rings. The molecule has 123 heavy (non-hydrogen) atoms. The minimum absolute atomic E-state index is 0.0166. The Morgan fingerprint density at radius 2 is 0.927 bits per heavy atom. The lowest BCUT2D eigenvalue weighted by Crippen LogP contribution is -2.46. The number of hydrazine groups is 1. The largest absolute Gasteiger partial charge is 0.478 e. The number of non-ortho nitro benzene ring substituents is 3. The van der Waals surface area contributed by atoms with Crippen LogP contribution < -0.4 is 25.8 Å². The van der Waals surface area contributed by atoms with Crippen LogP contribution >= 0.6 is 47.9 Å². The topological polar surface area (TPSA) is 583 Å². The van der Waals surface area contributed by atoms with Gasteiger partial charge in [0.05, 0.1) is 80.7 Å². The van der Waals surface area contributed by atoms with Crippen molar-refractivity contribution in [2.24, 2.45) is 0 Å². The number of aryl methyl sites for hydroxylation is 3. The number of nitrogens with zero attached hydrogens (tertiary/aromatic N) is 10. The fourth-order valence-corrected chi connectivity index (χ4v) is 13.8. The Labute approximate surface area is 716 Å². The molecular formula is C79H79N13O27S4. The van der Waals surface area contributed by atoms with Gasteiger partial charge in [-0.15, -0.1) is 11.8 Å². The van der Waals surface area contributed by atoms with Gasteiger partial charge in [-0.1, -0.05) is 72.9 Å². The first-order valence-corrected chi connectivity index (χ1v) is 38.7. The molecule has 0 aliphatic carbocycles. The molecule has 0 aliphatic heterocycles. The van der Waals surface area contributed by atoms with Gasteiger partial charge < -0.3 is 56.4 Å². The number of carboxylic acids is 4. The number of rotatable bonds is 29. The number of thiol groups is 1. The number of carboxylic acid groups (broad SMARTS) is 4. The number of nitrogens with one attached hydrogen (secondary N) is 3. The zero-order valence-electron chi connectivity index (χ0n) is 66.6. The van der Waals surface area contributed by atoms with E-state index in [0.717, 1.165) is 44.3 Å². The average molecular weight is 1770 g/mol. The van der Waals surface area contributed by atoms with Crippen LogP contribution in [0, 0.1) is 81.5 Å². The van der Waals surface area contributed by atoms with Crippen LogP contribution in [0.5, 0.6) is 0 Å². The van der Waals surface area contributed by atoms with Crippen LogP contribution in [0.25, 0.3) is 0 Å². The number of anilines is 5. The standard InChI is InChI=1S/C24H20N4O8.C16H15N3O5.C15H14N2O4S.C13H17N3O4S2.C11H13NO6S/c1-13-5-3-7-16(9-13)25-22(29)21(23(30)26-17-8-4-6-14(2)10-17)20-18(27(33)34)11-15(24(31)32)12-19(20)28(35)36;1-18(2)13-8-4-7-12(14(13)16(21)22)15(20)17-10-5-3-6-11(9-10)19(23)24;1-16(2)10-3-6-12(7-4-10)22-14-8-5-11(17(20)21)9-13(14)15(18)19;1-9-6-10(16(19)20)4-5-11(9)22-8-13(18)15(3)14(2)12(17)7-21;1-2-8(13)11(16)19-9-6(10(14)15)4-3-5-7(9)12(17)18/h3-12,21H,1-2H3,(H,25,29)(H,26,30)(H,31,32);3-9H,1-2H3,(H,17,20)(H,21,22);3-9H,1-2H3,(H,18,19);4-6,21H,7-8H2,1-3H3;3-5,8,11,13,16H,2H2,1H3,(H,14,15). The third kappa shape index (κ3) is 28.6. The van der Waals surface area contributed by atoms with E-state index in [1.54, 1.807) is 101 Å². The lowest BCUT2D eigenvalue weighted by Gasteiger charge is -2.27. The van der Waals surface area contributed by atoms with Crippen molar-refractivity contribution in [3.05, 3.63) is 293 Å². The van der Waals surface area contributed by atoms with E-state index in [1.807, 2.05) is 43.3 Å². The Morgan fingerprint density at radius 1 is 0.463 bits per heavy atom. The number of benzene rings is 9. The number of aliphatic hydroxyl groups is 2. The van der Waals surface area contributed by atoms with Crippen LogP contribution in [-0.4, -0.2) is 189 Å². The molecule has 0 aromatic heterocycles. The molecule has 9 N–H and O–H groups in total. The van der Waals surface area contributed by atoms with Crippen LogP contribution in [0.2, 0.25) is 0 Å². The summed E-state index contributed by atoms with van der Waals surface area (Å²) < 4.78 is 0. The van der Waals surface area contributed by atoms with Crippen LogP contribution in [0.15, 0.2) is 202 Å². The lowest BCUT2D eigenvalue weighted by molar-refractivity contribution is -0.395. The number of aliphatic hydroxyl groups excluding tert-OH is 2. The minimum atomic E-state index is -2.07. The Morgan fingerprint density at radius 3 is 1.37 bits per heavy atom. The van der Waals surface area contributed by atoms with Gasteiger partial charge in [0.15, 0.2) is 5.92 Å². The van der Waals surface area contributed by atoms with Crippen LogP contribution in [0.3, 0.4) is 0 Å². The van der Waals surface area contributed by atoms with Crippen LogP contribution in [0.4, 0.5) is 62.6 Å². The van der Waals surface area contributed by atoms with Gasteiger partial charge in [-0.25, -0.2) is 19.2 Å². The number of amides is 5. The molecule has 0 aliphatic rings. The Bertz CT molecular complexity index is 5400. The second-order valence-corrected chi connectivity index (χ2v) is 29.6. The lowest BCUT2D eigenvalue weighted by atomic mass is 9.91. The van der Waals surface area contributed by atoms with Gasteiger partial charge >= 0.3 is 23.9 Å². The fourth-order valence-electron chi connectivity index (χ4n) is 10.6. The summed E-state index contributed by atoms with van der Waals surface area (Å²) in [7, 11) is 10.2. The van der Waals surface area contributed by atoms with Gasteiger partial charge in [0, 0.05) is 134 Å². The first kappa shape index (κ1) is 99.1. The fraction of sp³-hybridized carbons (Fsp3) is 0.203. The number of nitro benzene ring substituents is 6. The van der Waals surface area contributed by atoms with Gasteiger partial charge in [-0.05, 0) is 129 Å². The van der Waals surface area contributed by atoms with E-state index in [2.05, 4.69) is 28.6 Å². The molecule has 40 nitrogen and oxygen atoms in total. The second kappa shape index (κ2) is 46.2. The van der Waals surface area contributed by atoms with Crippen molar-refractivity contribution in [1.82, 2.24) is 10.0 Å². The summed E-state index contributed by atoms with van der Waals surface area (Å²) in [4.78, 5) is 176. The summed E-state index contributed by atoms with van der Waals surface area (Å²) >= 11 is 6.98. The Balaban J connectivity index is 0.000000279. The Hall–Kier alpha value is -14.5. The molecule has 646 valence electrons. The number of hydrogen-bond donors (Lipinski definition) is 10. The van der Waals surface area contributed by atoms with Gasteiger partial charge in [-0.2, -0.15) is 12.6 Å². The maximum atomic E-state index is 13.4. The quantitative estimate of drug-likeness (QED) is 0.00520. The molecule has 44 heteroatoms. The van der Waals surface area contributed by atoms with E-state index in [0.29, 0.717) is 34.5 Å². The van der Waals surface area contributed by atoms with Crippen LogP contribution in [-0.2, 0) is 19.2 Å². The van der Waals surface area contributed by atoms with Gasteiger partial charge in [0.2, 0.25) is 11.8 Å². The normalized spacial score (nSPS) is 10.8. The molecular weight excluding hydrogens is 1690 g/mol. The van der Waals surface area contributed by atoms with E-state index in [1.165, 1.54) is 126 Å². The monoisotopic (exact) mass is 1770 g/mol. The molecule has 0 heterocycles. The molecule has 0 radical (unpaired) electrons. The smallest absolute Gasteiger partial charge is 0.338 e. The first-order valence-electron chi connectivity index (χ1n) is 35.4. The van der Waals surface area contributed by atoms with Crippen molar-refractivity contribution in [3.63, 3.8) is 0 Å². The number of hydrogen-bond acceptors (Lipinski definition) is 29. The average Bonchev–Trinajstić information content (AvgIpc) is 0.760. The van der Waals surface area contributed by atoms with Crippen molar-refractivity contribution >= 4 is 164 Å². The summed E-state index contributed by atoms with van der Waals surface area (Å²) in [5.41, 5.74) is -1.94. The van der Waals surface area contributed by atoms with Crippen molar-refractivity contribution < 1.29 is 103 Å². The SMILES string of the molecule is CCC(O)C(O)Sc1c(C(=O)O)cccc1[N+](=O)[O-].CN(C)c1ccc(Sc2ccc([N+](=O)[O-])cc2C(=O)O)cc1.CN(C)c1cccc(C(=O)Nc2cccc([N+](=O)[O-])c2)c1C(=O)O.Cc1cc([N+](=O)[O-])ccc1SCC(=O)N(C)N(C)C(=O)CS.Cc1cccc(NC(=O)C(C(=O)Nc2cccc(C)c2)c2c([N+](=O)[O-])cc(C(=O)O)cc2[N+](=O)[O-])c1. The highest BCUT2D eigenvalue weighted by atomic mass is 32.2. The molecule has 5 amide bonds. The highest BCUT2D eigenvalue weighted by Gasteiger charge is 2.42. The van der Waals surface area contributed by atoms with Gasteiger partial charge in [0.25, 0.3) is 51.8 Å². The molecule has 0 fully saturated rings. The summed E-state index contributed by atoms with van der Waals surface area (Å²) in [5.74, 6) is -10.7.